The monoisotopic (exact) mass is 497 g/mol. The van der Waals surface area contributed by atoms with Gasteiger partial charge in [-0.2, -0.15) is 0 Å². The van der Waals surface area contributed by atoms with E-state index in [1.807, 2.05) is 18.5 Å². The zero-order valence-corrected chi connectivity index (χ0v) is 20.3. The summed E-state index contributed by atoms with van der Waals surface area (Å²) in [6.45, 7) is 5.32. The molecular weight excluding hydrogens is 465 g/mol. The van der Waals surface area contributed by atoms with Gasteiger partial charge in [0.2, 0.25) is 12.7 Å². The summed E-state index contributed by atoms with van der Waals surface area (Å²) in [5.41, 5.74) is 3.67. The summed E-state index contributed by atoms with van der Waals surface area (Å²) in [7, 11) is 0. The first-order chi connectivity index (χ1) is 14.7. The highest BCUT2D eigenvalue weighted by Crippen LogP contribution is 2.36. The van der Waals surface area contributed by atoms with Crippen LogP contribution in [0.1, 0.15) is 29.5 Å². The second-order valence-corrected chi connectivity index (χ2v) is 8.66. The average molecular weight is 498 g/mol. The summed E-state index contributed by atoms with van der Waals surface area (Å²) in [5, 5.41) is 0. The zero-order chi connectivity index (χ0) is 20.3. The van der Waals surface area contributed by atoms with Crippen molar-refractivity contribution >= 4 is 30.7 Å². The third-order valence-corrected chi connectivity index (χ3v) is 6.58. The van der Waals surface area contributed by atoms with Crippen LogP contribution >= 0.6 is 24.8 Å². The van der Waals surface area contributed by atoms with E-state index in [1.165, 1.54) is 24.0 Å². The first-order valence-electron chi connectivity index (χ1n) is 11.0. The third kappa shape index (κ3) is 6.51. The van der Waals surface area contributed by atoms with Crippen LogP contribution in [0.3, 0.4) is 0 Å². The number of nitrogens with zero attached hydrogens (tertiary/aromatic N) is 3. The summed E-state index contributed by atoms with van der Waals surface area (Å²) in [5.74, 6) is 2.40. The van der Waals surface area contributed by atoms with E-state index in [1.54, 1.807) is 0 Å². The van der Waals surface area contributed by atoms with E-state index in [2.05, 4.69) is 33.0 Å². The van der Waals surface area contributed by atoms with Crippen LogP contribution in [0.25, 0.3) is 0 Å². The fourth-order valence-electron chi connectivity index (χ4n) is 4.90. The molecule has 0 aliphatic carbocycles. The van der Waals surface area contributed by atoms with E-state index in [0.717, 1.165) is 62.6 Å². The summed E-state index contributed by atoms with van der Waals surface area (Å²) in [4.78, 5) is 21.6. The highest BCUT2D eigenvalue weighted by molar-refractivity contribution is 5.85. The smallest absolute Gasteiger partial charge is 0.231 e. The van der Waals surface area contributed by atoms with Crippen molar-refractivity contribution in [2.45, 2.75) is 32.1 Å². The number of hydrogen-bond donors (Lipinski definition) is 0. The summed E-state index contributed by atoms with van der Waals surface area (Å²) in [6, 6.07) is 8.26. The maximum absolute atomic E-state index is 12.9. The number of pyridine rings is 1. The Hall–Kier alpha value is -2.06. The number of rotatable bonds is 6. The lowest BCUT2D eigenvalue weighted by molar-refractivity contribution is -0.130. The van der Waals surface area contributed by atoms with E-state index in [-0.39, 0.29) is 43.0 Å². The maximum Gasteiger partial charge on any atom is 0.231 e. The number of benzene rings is 1. The van der Waals surface area contributed by atoms with Crippen LogP contribution in [-0.2, 0) is 24.1 Å². The van der Waals surface area contributed by atoms with Crippen molar-refractivity contribution in [3.05, 3.63) is 53.3 Å². The summed E-state index contributed by atoms with van der Waals surface area (Å²) < 4.78 is 11.0. The number of halogens is 2. The molecule has 33 heavy (non-hydrogen) atoms. The van der Waals surface area contributed by atoms with Crippen LogP contribution in [0.4, 0.5) is 0 Å². The minimum Gasteiger partial charge on any atom is -0.454 e. The Bertz CT molecular complexity index is 916. The van der Waals surface area contributed by atoms with Gasteiger partial charge in [0.1, 0.15) is 0 Å². The molecule has 182 valence electrons. The maximum atomic E-state index is 12.9. The molecule has 1 unspecified atom stereocenters. The van der Waals surface area contributed by atoms with Gasteiger partial charge in [0, 0.05) is 32.0 Å². The molecule has 2 N–H and O–H groups in total. The van der Waals surface area contributed by atoms with E-state index < -0.39 is 0 Å². The lowest BCUT2D eigenvalue weighted by atomic mass is 10.0. The molecule has 1 atom stereocenters. The van der Waals surface area contributed by atoms with Gasteiger partial charge in [-0.25, -0.2) is 0 Å². The van der Waals surface area contributed by atoms with Gasteiger partial charge in [-0.05, 0) is 85.6 Å². The first kappa shape index (κ1) is 27.2. The van der Waals surface area contributed by atoms with Crippen LogP contribution in [0.5, 0.6) is 11.5 Å². The van der Waals surface area contributed by atoms with E-state index >= 15 is 0 Å². The minimum atomic E-state index is 0. The number of aromatic nitrogens is 1. The van der Waals surface area contributed by atoms with Gasteiger partial charge in [0.25, 0.3) is 0 Å². The first-order valence-corrected chi connectivity index (χ1v) is 11.0. The van der Waals surface area contributed by atoms with Crippen LogP contribution < -0.4 is 9.47 Å². The molecular formula is C24H33Cl2N3O4. The van der Waals surface area contributed by atoms with Crippen molar-refractivity contribution in [1.82, 2.24) is 14.8 Å². The van der Waals surface area contributed by atoms with Gasteiger partial charge in [-0.1, -0.05) is 0 Å². The Labute approximate surface area is 207 Å². The number of hydrogen-bond acceptors (Lipinski definition) is 5. The highest BCUT2D eigenvalue weighted by atomic mass is 35.5. The zero-order valence-electron chi connectivity index (χ0n) is 18.7. The van der Waals surface area contributed by atoms with Crippen molar-refractivity contribution in [3.8, 4) is 11.5 Å². The van der Waals surface area contributed by atoms with Crippen molar-refractivity contribution in [3.63, 3.8) is 0 Å². The minimum absolute atomic E-state index is 0. The molecule has 0 radical (unpaired) electrons. The molecule has 2 aromatic rings. The van der Waals surface area contributed by atoms with Crippen LogP contribution in [0.2, 0.25) is 0 Å². The Morgan fingerprint density at radius 2 is 1.76 bits per heavy atom. The van der Waals surface area contributed by atoms with Crippen molar-refractivity contribution < 1.29 is 19.7 Å². The average Bonchev–Trinajstić information content (AvgIpc) is 3.37. The Morgan fingerprint density at radius 3 is 2.52 bits per heavy atom. The van der Waals surface area contributed by atoms with Gasteiger partial charge in [0.15, 0.2) is 11.5 Å². The third-order valence-electron chi connectivity index (χ3n) is 6.58. The van der Waals surface area contributed by atoms with Gasteiger partial charge >= 0.3 is 0 Å². The molecule has 3 aliphatic heterocycles. The van der Waals surface area contributed by atoms with Gasteiger partial charge in [0.05, 0.1) is 6.42 Å². The molecule has 1 fully saturated rings. The quantitative estimate of drug-likeness (QED) is 0.612. The van der Waals surface area contributed by atoms with Crippen molar-refractivity contribution in [2.24, 2.45) is 5.92 Å². The van der Waals surface area contributed by atoms with E-state index in [9.17, 15) is 4.79 Å². The Balaban J connectivity index is 0.00000128. The predicted octanol–water partition coefficient (Wildman–Crippen LogP) is 2.71. The molecule has 7 nitrogen and oxygen atoms in total. The highest BCUT2D eigenvalue weighted by Gasteiger charge is 2.29. The number of carbonyl (C=O) groups is 1. The topological polar surface area (TPSA) is 86.4 Å². The standard InChI is InChI=1S/C24H29N3O3.2ClH.H2O/c28-24-14-21-13-23-22(29-17-30-23)12-20(21)6-11-27(24)16-19-5-10-26(15-19)9-1-2-18-3-7-25-8-4-18;;;/h3-4,7-8,12-13,19H,1-2,5-6,9-11,14-17H2;2*1H;1H2. The second kappa shape index (κ2) is 12.4. The molecule has 5 rings (SSSR count). The van der Waals surface area contributed by atoms with Crippen molar-refractivity contribution in [2.75, 3.05) is 39.5 Å². The summed E-state index contributed by atoms with van der Waals surface area (Å²) >= 11 is 0. The molecule has 0 spiro atoms. The van der Waals surface area contributed by atoms with Gasteiger partial charge in [-0.3, -0.25) is 9.78 Å². The second-order valence-electron chi connectivity index (χ2n) is 8.66. The van der Waals surface area contributed by atoms with Crippen LogP contribution in [-0.4, -0.2) is 65.7 Å². The van der Waals surface area contributed by atoms with E-state index in [4.69, 9.17) is 9.47 Å². The molecule has 0 saturated carbocycles. The van der Waals surface area contributed by atoms with Gasteiger partial charge < -0.3 is 24.7 Å². The molecule has 1 aromatic carbocycles. The number of ether oxygens (including phenoxy) is 2. The molecule has 1 saturated heterocycles. The largest absolute Gasteiger partial charge is 0.454 e. The fourth-order valence-corrected chi connectivity index (χ4v) is 4.90. The number of amides is 1. The molecule has 4 heterocycles. The molecule has 3 aliphatic rings. The molecule has 1 amide bonds. The van der Waals surface area contributed by atoms with Crippen molar-refractivity contribution in [1.29, 1.82) is 0 Å². The fraction of sp³-hybridized carbons (Fsp3) is 0.500. The number of likely N-dealkylation sites (tertiary alicyclic amines) is 1. The summed E-state index contributed by atoms with van der Waals surface area (Å²) in [6.07, 6.45) is 8.54. The molecule has 9 heteroatoms. The Morgan fingerprint density at radius 1 is 1.03 bits per heavy atom. The predicted molar refractivity (Wildman–Crippen MR) is 132 cm³/mol. The van der Waals surface area contributed by atoms with Gasteiger partial charge in [-0.15, -0.1) is 24.8 Å². The SMILES string of the molecule is Cl.Cl.O.O=C1Cc2cc3c(cc2CCN1CC1CCN(CCCc2ccncc2)C1)OCO3. The lowest BCUT2D eigenvalue weighted by Gasteiger charge is -2.24. The number of carbonyl (C=O) groups excluding carboxylic acids is 1. The van der Waals surface area contributed by atoms with E-state index in [0.29, 0.717) is 12.3 Å². The number of fused-ring (bicyclic) bond motifs is 2. The molecule has 1 aromatic heterocycles. The van der Waals surface area contributed by atoms with Crippen LogP contribution in [0.15, 0.2) is 36.7 Å². The van der Waals surface area contributed by atoms with Crippen LogP contribution in [0, 0.1) is 5.92 Å². The normalized spacial score (nSPS) is 19.1. The lowest BCUT2D eigenvalue weighted by Crippen LogP contribution is -2.37. The number of aryl methyl sites for hydroxylation is 1. The Kier molecular flexibility index (Phi) is 10.2. The molecule has 0 bridgehead atoms.